The second-order valence-corrected chi connectivity index (χ2v) is 4.62. The molecule has 0 amide bonds. The van der Waals surface area contributed by atoms with Crippen LogP contribution in [0.3, 0.4) is 0 Å². The maximum Gasteiger partial charge on any atom is 0.154 e. The van der Waals surface area contributed by atoms with E-state index >= 15 is 0 Å². The van der Waals surface area contributed by atoms with Gasteiger partial charge in [-0.05, 0) is 25.8 Å². The molecule has 1 aliphatic heterocycles. The molecule has 0 spiro atoms. The largest absolute Gasteiger partial charge is 0.313 e. The van der Waals surface area contributed by atoms with Crippen molar-refractivity contribution in [3.63, 3.8) is 0 Å². The first-order valence-electron chi connectivity index (χ1n) is 6.24. The molecule has 17 heavy (non-hydrogen) atoms. The van der Waals surface area contributed by atoms with Crippen LogP contribution in [0.2, 0.25) is 0 Å². The number of hydrogen-bond acceptors (Lipinski definition) is 3. The van der Waals surface area contributed by atoms with Crippen LogP contribution in [-0.4, -0.2) is 24.5 Å². The van der Waals surface area contributed by atoms with Crippen LogP contribution in [0.4, 0.5) is 0 Å². The predicted octanol–water partition coefficient (Wildman–Crippen LogP) is 1.56. The Hall–Kier alpha value is -1.65. The zero-order valence-electron chi connectivity index (χ0n) is 10.1. The van der Waals surface area contributed by atoms with Crippen molar-refractivity contribution in [1.29, 1.82) is 0 Å². The monoisotopic (exact) mass is 231 g/mol. The highest BCUT2D eigenvalue weighted by Crippen LogP contribution is 2.15. The lowest BCUT2D eigenvalue weighted by molar-refractivity contribution is 0.562. The third-order valence-electron chi connectivity index (χ3n) is 3.41. The Bertz CT molecular complexity index is 511. The number of hydrogen-bond donors (Lipinski definition) is 0. The van der Waals surface area contributed by atoms with Gasteiger partial charge in [0.25, 0.3) is 0 Å². The average molecular weight is 231 g/mol. The van der Waals surface area contributed by atoms with Gasteiger partial charge in [0.1, 0.15) is 12.4 Å². The third-order valence-corrected chi connectivity index (χ3v) is 3.41. The van der Waals surface area contributed by atoms with E-state index in [0.717, 1.165) is 36.9 Å². The zero-order chi connectivity index (χ0) is 11.7. The van der Waals surface area contributed by atoms with Crippen LogP contribution in [0.25, 0.3) is 0 Å². The summed E-state index contributed by atoms with van der Waals surface area (Å²) in [7, 11) is 0. The van der Waals surface area contributed by atoms with Crippen LogP contribution in [-0.2, 0) is 19.5 Å². The highest BCUT2D eigenvalue weighted by Gasteiger charge is 2.15. The fourth-order valence-electron chi connectivity index (χ4n) is 2.36. The molecule has 0 saturated heterocycles. The van der Waals surface area contributed by atoms with Crippen LogP contribution in [0.5, 0.6) is 0 Å². The smallest absolute Gasteiger partial charge is 0.154 e. The van der Waals surface area contributed by atoms with Gasteiger partial charge in [0.05, 0.1) is 0 Å². The Morgan fingerprint density at radius 3 is 3.00 bits per heavy atom. The first-order chi connectivity index (χ1) is 8.34. The molecular formula is C12H17N5. The lowest BCUT2D eigenvalue weighted by atomic mass is 10.2. The highest BCUT2D eigenvalue weighted by molar-refractivity contribution is 5.02. The summed E-state index contributed by atoms with van der Waals surface area (Å²) < 4.78 is 4.25. The van der Waals surface area contributed by atoms with E-state index in [1.54, 1.807) is 0 Å². The van der Waals surface area contributed by atoms with Crippen molar-refractivity contribution in [1.82, 2.24) is 24.5 Å². The van der Waals surface area contributed by atoms with E-state index in [4.69, 9.17) is 0 Å². The molecule has 0 unspecified atom stereocenters. The maximum atomic E-state index is 4.31. The molecule has 3 rings (SSSR count). The summed E-state index contributed by atoms with van der Waals surface area (Å²) in [6, 6.07) is 2.01. The standard InChI is InChI=1S/C12H17N5/c1-10-6-7-13-17(10)9-12-15-14-11-5-3-2-4-8-16(11)12/h6-7H,2-5,8-9H2,1H3. The van der Waals surface area contributed by atoms with Gasteiger partial charge in [0, 0.05) is 24.9 Å². The number of aryl methyl sites for hydroxylation is 2. The highest BCUT2D eigenvalue weighted by atomic mass is 15.3. The van der Waals surface area contributed by atoms with E-state index in [9.17, 15) is 0 Å². The molecular weight excluding hydrogens is 214 g/mol. The fraction of sp³-hybridized carbons (Fsp3) is 0.583. The van der Waals surface area contributed by atoms with Gasteiger partial charge in [0.2, 0.25) is 0 Å². The summed E-state index contributed by atoms with van der Waals surface area (Å²) in [6.07, 6.45) is 6.65. The van der Waals surface area contributed by atoms with Gasteiger partial charge in [-0.15, -0.1) is 10.2 Å². The Morgan fingerprint density at radius 2 is 2.18 bits per heavy atom. The molecule has 5 heteroatoms. The first kappa shape index (κ1) is 10.5. The summed E-state index contributed by atoms with van der Waals surface area (Å²) in [6.45, 7) is 3.84. The second-order valence-electron chi connectivity index (χ2n) is 4.62. The molecule has 5 nitrogen and oxygen atoms in total. The number of fused-ring (bicyclic) bond motifs is 1. The van der Waals surface area contributed by atoms with Gasteiger partial charge in [-0.3, -0.25) is 4.68 Å². The van der Waals surface area contributed by atoms with E-state index in [-0.39, 0.29) is 0 Å². The molecule has 3 heterocycles. The van der Waals surface area contributed by atoms with E-state index in [1.165, 1.54) is 19.3 Å². The van der Waals surface area contributed by atoms with Gasteiger partial charge >= 0.3 is 0 Å². The van der Waals surface area contributed by atoms with Crippen molar-refractivity contribution in [2.75, 3.05) is 0 Å². The Kier molecular flexibility index (Phi) is 2.66. The van der Waals surface area contributed by atoms with E-state index in [1.807, 2.05) is 16.9 Å². The van der Waals surface area contributed by atoms with Crippen molar-refractivity contribution in [2.24, 2.45) is 0 Å². The van der Waals surface area contributed by atoms with Crippen LogP contribution in [0, 0.1) is 6.92 Å². The Morgan fingerprint density at radius 1 is 1.24 bits per heavy atom. The van der Waals surface area contributed by atoms with E-state index < -0.39 is 0 Å². The van der Waals surface area contributed by atoms with Crippen molar-refractivity contribution in [3.05, 3.63) is 29.6 Å². The molecule has 2 aromatic rings. The molecule has 0 bridgehead atoms. The molecule has 0 saturated carbocycles. The normalized spacial score (nSPS) is 15.6. The minimum absolute atomic E-state index is 0.728. The lowest BCUT2D eigenvalue weighted by Gasteiger charge is -2.07. The molecule has 0 N–H and O–H groups in total. The SMILES string of the molecule is Cc1ccnn1Cc1nnc2n1CCCCC2. The summed E-state index contributed by atoms with van der Waals surface area (Å²) in [5.41, 5.74) is 1.16. The van der Waals surface area contributed by atoms with Crippen molar-refractivity contribution in [3.8, 4) is 0 Å². The van der Waals surface area contributed by atoms with Crippen molar-refractivity contribution in [2.45, 2.75) is 45.7 Å². The predicted molar refractivity (Wildman–Crippen MR) is 63.6 cm³/mol. The molecule has 2 aromatic heterocycles. The Labute approximate surface area is 100 Å². The minimum Gasteiger partial charge on any atom is -0.313 e. The van der Waals surface area contributed by atoms with Crippen molar-refractivity contribution >= 4 is 0 Å². The van der Waals surface area contributed by atoms with Crippen molar-refractivity contribution < 1.29 is 0 Å². The zero-order valence-corrected chi connectivity index (χ0v) is 10.1. The average Bonchev–Trinajstić information content (AvgIpc) is 2.81. The summed E-state index contributed by atoms with van der Waals surface area (Å²) in [4.78, 5) is 0. The molecule has 1 aliphatic rings. The maximum absolute atomic E-state index is 4.31. The summed E-state index contributed by atoms with van der Waals surface area (Å²) in [5, 5.41) is 12.9. The van der Waals surface area contributed by atoms with Gasteiger partial charge in [0.15, 0.2) is 5.82 Å². The second kappa shape index (κ2) is 4.31. The number of aromatic nitrogens is 5. The summed E-state index contributed by atoms with van der Waals surface area (Å²) in [5.74, 6) is 2.18. The molecule has 0 aromatic carbocycles. The van der Waals surface area contributed by atoms with Gasteiger partial charge < -0.3 is 4.57 Å². The van der Waals surface area contributed by atoms with Gasteiger partial charge in [-0.2, -0.15) is 5.10 Å². The van der Waals surface area contributed by atoms with Crippen LogP contribution in [0.15, 0.2) is 12.3 Å². The number of rotatable bonds is 2. The fourth-order valence-corrected chi connectivity index (χ4v) is 2.36. The van der Waals surface area contributed by atoms with E-state index in [2.05, 4.69) is 26.8 Å². The minimum atomic E-state index is 0.728. The van der Waals surface area contributed by atoms with Gasteiger partial charge in [-0.25, -0.2) is 0 Å². The lowest BCUT2D eigenvalue weighted by Crippen LogP contribution is -2.12. The quantitative estimate of drug-likeness (QED) is 0.788. The van der Waals surface area contributed by atoms with E-state index in [0.29, 0.717) is 0 Å². The van der Waals surface area contributed by atoms with Crippen LogP contribution < -0.4 is 0 Å². The molecule has 0 radical (unpaired) electrons. The Balaban J connectivity index is 1.89. The number of nitrogens with zero attached hydrogens (tertiary/aromatic N) is 5. The molecule has 0 fully saturated rings. The summed E-state index contributed by atoms with van der Waals surface area (Å²) >= 11 is 0. The van der Waals surface area contributed by atoms with Gasteiger partial charge in [-0.1, -0.05) is 6.42 Å². The van der Waals surface area contributed by atoms with Crippen LogP contribution >= 0.6 is 0 Å². The molecule has 90 valence electrons. The topological polar surface area (TPSA) is 48.5 Å². The molecule has 0 atom stereocenters. The molecule has 0 aliphatic carbocycles. The van der Waals surface area contributed by atoms with Crippen LogP contribution in [0.1, 0.15) is 36.6 Å². The third kappa shape index (κ3) is 1.97. The first-order valence-corrected chi connectivity index (χ1v) is 6.24.